The number of rotatable bonds is 3. The van der Waals surface area contributed by atoms with Crippen molar-refractivity contribution in [2.45, 2.75) is 26.0 Å². The Hall–Kier alpha value is -1.84. The number of para-hydroxylation sites is 2. The van der Waals surface area contributed by atoms with E-state index in [2.05, 4.69) is 9.55 Å². The van der Waals surface area contributed by atoms with Gasteiger partial charge in [-0.15, -0.1) is 0 Å². The number of hydrogen-bond donors (Lipinski definition) is 1. The molecule has 1 heterocycles. The van der Waals surface area contributed by atoms with Crippen molar-refractivity contribution in [2.24, 2.45) is 0 Å². The lowest BCUT2D eigenvalue weighted by atomic mass is 10.1. The molecule has 0 spiro atoms. The molecule has 0 saturated heterocycles. The Morgan fingerprint density at radius 3 is 2.43 bits per heavy atom. The van der Waals surface area contributed by atoms with Crippen LogP contribution in [0.25, 0.3) is 11.0 Å². The highest BCUT2D eigenvalue weighted by atomic mass is 35.5. The highest BCUT2D eigenvalue weighted by Gasteiger charge is 2.24. The van der Waals surface area contributed by atoms with Gasteiger partial charge in [-0.1, -0.05) is 35.9 Å². The summed E-state index contributed by atoms with van der Waals surface area (Å²) in [7, 11) is 0. The van der Waals surface area contributed by atoms with Crippen LogP contribution in [-0.2, 0) is 12.1 Å². The molecule has 0 unspecified atom stereocenters. The second-order valence-electron chi connectivity index (χ2n) is 5.70. The molecule has 0 atom stereocenters. The van der Waals surface area contributed by atoms with E-state index < -0.39 is 5.60 Å². The summed E-state index contributed by atoms with van der Waals surface area (Å²) in [6.45, 7) is 4.16. The van der Waals surface area contributed by atoms with Gasteiger partial charge < -0.3 is 9.67 Å². The van der Waals surface area contributed by atoms with Gasteiger partial charge in [-0.05, 0) is 43.7 Å². The summed E-state index contributed by atoms with van der Waals surface area (Å²) >= 11 is 5.93. The van der Waals surface area contributed by atoms with E-state index in [9.17, 15) is 5.11 Å². The molecule has 0 bridgehead atoms. The molecule has 108 valence electrons. The van der Waals surface area contributed by atoms with Gasteiger partial charge in [0.25, 0.3) is 0 Å². The number of aliphatic hydroxyl groups is 1. The third-order valence-corrected chi connectivity index (χ3v) is 3.71. The van der Waals surface area contributed by atoms with Gasteiger partial charge in [0.15, 0.2) is 0 Å². The summed E-state index contributed by atoms with van der Waals surface area (Å²) in [4.78, 5) is 4.58. The molecule has 4 heteroatoms. The van der Waals surface area contributed by atoms with E-state index in [0.717, 1.165) is 21.6 Å². The van der Waals surface area contributed by atoms with Crippen molar-refractivity contribution < 1.29 is 5.11 Å². The van der Waals surface area contributed by atoms with Gasteiger partial charge in [-0.3, -0.25) is 0 Å². The van der Waals surface area contributed by atoms with E-state index in [-0.39, 0.29) is 0 Å². The first-order valence-corrected chi connectivity index (χ1v) is 7.25. The number of fused-ring (bicyclic) bond motifs is 1. The lowest BCUT2D eigenvalue weighted by Gasteiger charge is -2.19. The van der Waals surface area contributed by atoms with Crippen LogP contribution in [0.2, 0.25) is 5.02 Å². The Kier molecular flexibility index (Phi) is 3.47. The fourth-order valence-corrected chi connectivity index (χ4v) is 2.60. The summed E-state index contributed by atoms with van der Waals surface area (Å²) in [5.41, 5.74) is 2.03. The van der Waals surface area contributed by atoms with E-state index in [1.54, 1.807) is 13.8 Å². The fourth-order valence-electron chi connectivity index (χ4n) is 2.48. The van der Waals surface area contributed by atoms with Gasteiger partial charge >= 0.3 is 0 Å². The molecule has 0 aliphatic heterocycles. The molecule has 1 N–H and O–H groups in total. The fraction of sp³-hybridized carbons (Fsp3) is 0.235. The lowest BCUT2D eigenvalue weighted by molar-refractivity contribution is 0.0657. The van der Waals surface area contributed by atoms with Crippen LogP contribution in [0, 0.1) is 0 Å². The van der Waals surface area contributed by atoms with Crippen molar-refractivity contribution in [2.75, 3.05) is 0 Å². The van der Waals surface area contributed by atoms with Crippen molar-refractivity contribution in [1.82, 2.24) is 9.55 Å². The quantitative estimate of drug-likeness (QED) is 0.795. The zero-order valence-corrected chi connectivity index (χ0v) is 12.8. The van der Waals surface area contributed by atoms with Crippen molar-refractivity contribution in [3.8, 4) is 0 Å². The normalized spacial score (nSPS) is 12.0. The first kappa shape index (κ1) is 14.1. The zero-order chi connectivity index (χ0) is 15.0. The maximum absolute atomic E-state index is 10.4. The maximum Gasteiger partial charge on any atom is 0.141 e. The van der Waals surface area contributed by atoms with E-state index in [1.165, 1.54) is 0 Å². The molecule has 3 aromatic rings. The first-order valence-electron chi connectivity index (χ1n) is 6.88. The second kappa shape index (κ2) is 5.17. The summed E-state index contributed by atoms with van der Waals surface area (Å²) in [5, 5.41) is 11.1. The van der Waals surface area contributed by atoms with E-state index in [4.69, 9.17) is 11.6 Å². The van der Waals surface area contributed by atoms with Crippen molar-refractivity contribution in [3.63, 3.8) is 0 Å². The highest BCUT2D eigenvalue weighted by molar-refractivity contribution is 6.30. The standard InChI is InChI=1S/C17H17ClN2O/c1-17(2,21)16-19-14-5-3-4-6-15(14)20(16)11-12-7-9-13(18)10-8-12/h3-10,21H,11H2,1-2H3. The molecule has 3 nitrogen and oxygen atoms in total. The van der Waals surface area contributed by atoms with Crippen molar-refractivity contribution >= 4 is 22.6 Å². The lowest BCUT2D eigenvalue weighted by Crippen LogP contribution is -2.22. The average molecular weight is 301 g/mol. The minimum Gasteiger partial charge on any atom is -0.383 e. The van der Waals surface area contributed by atoms with Gasteiger partial charge in [0.2, 0.25) is 0 Å². The Bertz CT molecular complexity index is 770. The first-order chi connectivity index (χ1) is 9.95. The predicted molar refractivity (Wildman–Crippen MR) is 85.5 cm³/mol. The topological polar surface area (TPSA) is 38.1 Å². The van der Waals surface area contributed by atoms with Gasteiger partial charge in [-0.25, -0.2) is 4.98 Å². The van der Waals surface area contributed by atoms with E-state index in [1.807, 2.05) is 48.5 Å². The van der Waals surface area contributed by atoms with E-state index >= 15 is 0 Å². The van der Waals surface area contributed by atoms with Crippen LogP contribution in [0.1, 0.15) is 25.2 Å². The van der Waals surface area contributed by atoms with Gasteiger partial charge in [-0.2, -0.15) is 0 Å². The molecular weight excluding hydrogens is 284 g/mol. The number of imidazole rings is 1. The van der Waals surface area contributed by atoms with E-state index in [0.29, 0.717) is 12.4 Å². The van der Waals surface area contributed by atoms with Crippen molar-refractivity contribution in [1.29, 1.82) is 0 Å². The maximum atomic E-state index is 10.4. The Morgan fingerprint density at radius 2 is 1.76 bits per heavy atom. The minimum atomic E-state index is -0.995. The molecule has 0 aliphatic rings. The summed E-state index contributed by atoms with van der Waals surface area (Å²) < 4.78 is 2.05. The third kappa shape index (κ3) is 2.80. The van der Waals surface area contributed by atoms with Crippen LogP contribution >= 0.6 is 11.6 Å². The molecule has 0 aliphatic carbocycles. The van der Waals surface area contributed by atoms with Crippen LogP contribution in [0.3, 0.4) is 0 Å². The van der Waals surface area contributed by atoms with Crippen LogP contribution in [0.4, 0.5) is 0 Å². The Morgan fingerprint density at radius 1 is 1.10 bits per heavy atom. The van der Waals surface area contributed by atoms with Crippen LogP contribution in [-0.4, -0.2) is 14.7 Å². The predicted octanol–water partition coefficient (Wildman–Crippen LogP) is 3.97. The molecular formula is C17H17ClN2O. The van der Waals surface area contributed by atoms with Crippen LogP contribution in [0.15, 0.2) is 48.5 Å². The SMILES string of the molecule is CC(C)(O)c1nc2ccccc2n1Cc1ccc(Cl)cc1. The summed E-state index contributed by atoms with van der Waals surface area (Å²) in [6, 6.07) is 15.7. The monoisotopic (exact) mass is 300 g/mol. The molecule has 0 radical (unpaired) electrons. The molecule has 1 aromatic heterocycles. The van der Waals surface area contributed by atoms with Crippen LogP contribution in [0.5, 0.6) is 0 Å². The minimum absolute atomic E-state index is 0.650. The van der Waals surface area contributed by atoms with Gasteiger partial charge in [0.05, 0.1) is 11.0 Å². The molecule has 0 amide bonds. The van der Waals surface area contributed by atoms with Gasteiger partial charge in [0, 0.05) is 11.6 Å². The smallest absolute Gasteiger partial charge is 0.141 e. The number of nitrogens with zero attached hydrogens (tertiary/aromatic N) is 2. The summed E-state index contributed by atoms with van der Waals surface area (Å²) in [6.07, 6.45) is 0. The van der Waals surface area contributed by atoms with Crippen molar-refractivity contribution in [3.05, 3.63) is 64.9 Å². The van der Waals surface area contributed by atoms with Gasteiger partial charge in [0.1, 0.15) is 11.4 Å². The number of aromatic nitrogens is 2. The number of benzene rings is 2. The van der Waals surface area contributed by atoms with Crippen LogP contribution < -0.4 is 0 Å². The third-order valence-electron chi connectivity index (χ3n) is 3.46. The molecule has 21 heavy (non-hydrogen) atoms. The average Bonchev–Trinajstić information content (AvgIpc) is 2.81. The number of hydrogen-bond acceptors (Lipinski definition) is 2. The largest absolute Gasteiger partial charge is 0.383 e. The molecule has 3 rings (SSSR count). The molecule has 2 aromatic carbocycles. The number of halogens is 1. The molecule has 0 saturated carbocycles. The Balaban J connectivity index is 2.13. The highest BCUT2D eigenvalue weighted by Crippen LogP contribution is 2.26. The molecule has 0 fully saturated rings. The second-order valence-corrected chi connectivity index (χ2v) is 6.13. The zero-order valence-electron chi connectivity index (χ0n) is 12.0. The summed E-state index contributed by atoms with van der Waals surface area (Å²) in [5.74, 6) is 0.665. The Labute approximate surface area is 128 Å².